The largest absolute Gasteiger partial charge is 0.508 e. The van der Waals surface area contributed by atoms with Gasteiger partial charge in [0.2, 0.25) is 0 Å². The van der Waals surface area contributed by atoms with Gasteiger partial charge in [0.1, 0.15) is 5.75 Å². The van der Waals surface area contributed by atoms with Crippen molar-refractivity contribution in [3.05, 3.63) is 29.3 Å². The van der Waals surface area contributed by atoms with Crippen LogP contribution in [0, 0.1) is 6.92 Å². The number of rotatable bonds is 1. The van der Waals surface area contributed by atoms with Gasteiger partial charge in [0, 0.05) is 6.54 Å². The topological polar surface area (TPSA) is 32.3 Å². The van der Waals surface area contributed by atoms with E-state index < -0.39 is 0 Å². The smallest absolute Gasteiger partial charge is 0.118 e. The first-order valence-electron chi connectivity index (χ1n) is 5.27. The van der Waals surface area contributed by atoms with Gasteiger partial charge in [0.05, 0.1) is 0 Å². The van der Waals surface area contributed by atoms with Gasteiger partial charge in [-0.15, -0.1) is 0 Å². The van der Waals surface area contributed by atoms with Crippen LogP contribution in [-0.2, 0) is 0 Å². The van der Waals surface area contributed by atoms with Gasteiger partial charge in [-0.1, -0.05) is 12.1 Å². The summed E-state index contributed by atoms with van der Waals surface area (Å²) in [5.41, 5.74) is 2.33. The maximum absolute atomic E-state index is 9.43. The Morgan fingerprint density at radius 2 is 2.29 bits per heavy atom. The molecule has 0 radical (unpaired) electrons. The minimum absolute atomic E-state index is 0.400. The Morgan fingerprint density at radius 1 is 1.43 bits per heavy atom. The van der Waals surface area contributed by atoms with Crippen molar-refractivity contribution in [2.24, 2.45) is 0 Å². The van der Waals surface area contributed by atoms with E-state index in [2.05, 4.69) is 11.4 Å². The Kier molecular flexibility index (Phi) is 2.73. The molecule has 1 heterocycles. The van der Waals surface area contributed by atoms with Crippen molar-refractivity contribution in [2.75, 3.05) is 13.1 Å². The number of benzene rings is 1. The van der Waals surface area contributed by atoms with Crippen molar-refractivity contribution in [3.8, 4) is 5.75 Å². The quantitative estimate of drug-likeness (QED) is 0.713. The van der Waals surface area contributed by atoms with Gasteiger partial charge < -0.3 is 10.4 Å². The summed E-state index contributed by atoms with van der Waals surface area (Å²) in [5.74, 6) is 1.03. The van der Waals surface area contributed by atoms with E-state index in [9.17, 15) is 5.11 Å². The summed E-state index contributed by atoms with van der Waals surface area (Å²) in [6.07, 6.45) is 2.52. The molecule has 2 rings (SSSR count). The monoisotopic (exact) mass is 191 g/mol. The number of hydrogen-bond donors (Lipinski definition) is 2. The fourth-order valence-corrected chi connectivity index (χ4v) is 2.07. The number of aromatic hydroxyl groups is 1. The molecule has 2 nitrogen and oxygen atoms in total. The highest BCUT2D eigenvalue weighted by Gasteiger charge is 2.15. The Morgan fingerprint density at radius 3 is 2.93 bits per heavy atom. The number of phenols is 1. The standard InChI is InChI=1S/C12H17NO/c1-9-7-10(4-5-12(9)14)11-3-2-6-13-8-11/h4-5,7,11,13-14H,2-3,6,8H2,1H3. The molecule has 1 aliphatic rings. The second-order valence-electron chi connectivity index (χ2n) is 4.09. The lowest BCUT2D eigenvalue weighted by molar-refractivity contribution is 0.456. The second kappa shape index (κ2) is 4.01. The molecule has 0 bridgehead atoms. The molecule has 1 aromatic carbocycles. The highest BCUT2D eigenvalue weighted by atomic mass is 16.3. The number of hydrogen-bond acceptors (Lipinski definition) is 2. The van der Waals surface area contributed by atoms with E-state index in [-0.39, 0.29) is 0 Å². The van der Waals surface area contributed by atoms with Crippen LogP contribution in [0.3, 0.4) is 0 Å². The van der Waals surface area contributed by atoms with Crippen LogP contribution < -0.4 is 5.32 Å². The lowest BCUT2D eigenvalue weighted by Crippen LogP contribution is -2.28. The molecule has 0 spiro atoms. The van der Waals surface area contributed by atoms with E-state index in [4.69, 9.17) is 0 Å². The molecule has 0 saturated carbocycles. The van der Waals surface area contributed by atoms with Crippen LogP contribution in [-0.4, -0.2) is 18.2 Å². The summed E-state index contributed by atoms with van der Waals surface area (Å²) >= 11 is 0. The Bertz CT molecular complexity index is 316. The minimum atomic E-state index is 0.400. The summed E-state index contributed by atoms with van der Waals surface area (Å²) in [4.78, 5) is 0. The summed E-state index contributed by atoms with van der Waals surface area (Å²) in [6, 6.07) is 5.95. The SMILES string of the molecule is Cc1cc(C2CCCNC2)ccc1O. The van der Waals surface area contributed by atoms with Crippen LogP contribution in [0.25, 0.3) is 0 Å². The van der Waals surface area contributed by atoms with Gasteiger partial charge in [0.25, 0.3) is 0 Å². The zero-order valence-corrected chi connectivity index (χ0v) is 8.59. The Balaban J connectivity index is 2.18. The third-order valence-electron chi connectivity index (χ3n) is 2.99. The van der Waals surface area contributed by atoms with Gasteiger partial charge in [-0.25, -0.2) is 0 Å². The molecule has 1 saturated heterocycles. The summed E-state index contributed by atoms with van der Waals surface area (Å²) < 4.78 is 0. The molecule has 2 N–H and O–H groups in total. The zero-order valence-electron chi connectivity index (χ0n) is 8.59. The van der Waals surface area contributed by atoms with Crippen LogP contribution in [0.4, 0.5) is 0 Å². The van der Waals surface area contributed by atoms with Gasteiger partial charge in [0.15, 0.2) is 0 Å². The molecule has 1 aromatic rings. The lowest BCUT2D eigenvalue weighted by atomic mass is 9.91. The summed E-state index contributed by atoms with van der Waals surface area (Å²) in [6.45, 7) is 4.17. The third-order valence-corrected chi connectivity index (χ3v) is 2.99. The maximum atomic E-state index is 9.43. The summed E-state index contributed by atoms with van der Waals surface area (Å²) in [5, 5.41) is 12.8. The number of phenolic OH excluding ortho intramolecular Hbond substituents is 1. The van der Waals surface area contributed by atoms with E-state index in [0.717, 1.165) is 18.7 Å². The second-order valence-corrected chi connectivity index (χ2v) is 4.09. The predicted molar refractivity (Wildman–Crippen MR) is 57.7 cm³/mol. The van der Waals surface area contributed by atoms with E-state index in [0.29, 0.717) is 11.7 Å². The minimum Gasteiger partial charge on any atom is -0.508 e. The molecular weight excluding hydrogens is 174 g/mol. The zero-order chi connectivity index (χ0) is 9.97. The van der Waals surface area contributed by atoms with E-state index in [1.54, 1.807) is 6.07 Å². The van der Waals surface area contributed by atoms with Gasteiger partial charge in [-0.3, -0.25) is 0 Å². The molecule has 1 unspecified atom stereocenters. The first-order chi connectivity index (χ1) is 6.77. The Labute approximate surface area is 85.0 Å². The van der Waals surface area contributed by atoms with E-state index in [1.807, 2.05) is 13.0 Å². The maximum Gasteiger partial charge on any atom is 0.118 e. The van der Waals surface area contributed by atoms with Crippen molar-refractivity contribution < 1.29 is 5.11 Å². The lowest BCUT2D eigenvalue weighted by Gasteiger charge is -2.23. The van der Waals surface area contributed by atoms with Crippen LogP contribution in [0.2, 0.25) is 0 Å². The van der Waals surface area contributed by atoms with Crippen molar-refractivity contribution >= 4 is 0 Å². The molecule has 0 aliphatic carbocycles. The normalized spacial score (nSPS) is 22.2. The van der Waals surface area contributed by atoms with Crippen LogP contribution >= 0.6 is 0 Å². The fraction of sp³-hybridized carbons (Fsp3) is 0.500. The molecule has 76 valence electrons. The van der Waals surface area contributed by atoms with Crippen LogP contribution in [0.1, 0.15) is 29.9 Å². The van der Waals surface area contributed by atoms with E-state index >= 15 is 0 Å². The average Bonchev–Trinajstić information content (AvgIpc) is 2.23. The first-order valence-corrected chi connectivity index (χ1v) is 5.27. The first kappa shape index (κ1) is 9.53. The van der Waals surface area contributed by atoms with Gasteiger partial charge in [-0.2, -0.15) is 0 Å². The highest BCUT2D eigenvalue weighted by Crippen LogP contribution is 2.26. The van der Waals surface area contributed by atoms with E-state index in [1.165, 1.54) is 18.4 Å². The molecule has 0 aromatic heterocycles. The number of nitrogens with one attached hydrogen (secondary N) is 1. The van der Waals surface area contributed by atoms with Crippen molar-refractivity contribution in [1.29, 1.82) is 0 Å². The summed E-state index contributed by atoms with van der Waals surface area (Å²) in [7, 11) is 0. The van der Waals surface area contributed by atoms with Crippen molar-refractivity contribution in [2.45, 2.75) is 25.7 Å². The van der Waals surface area contributed by atoms with Crippen molar-refractivity contribution in [3.63, 3.8) is 0 Å². The third kappa shape index (κ3) is 1.90. The molecule has 0 amide bonds. The molecule has 1 atom stereocenters. The van der Waals surface area contributed by atoms with Crippen LogP contribution in [0.5, 0.6) is 5.75 Å². The number of aryl methyl sites for hydroxylation is 1. The van der Waals surface area contributed by atoms with Gasteiger partial charge >= 0.3 is 0 Å². The highest BCUT2D eigenvalue weighted by molar-refractivity contribution is 5.36. The Hall–Kier alpha value is -1.02. The molecule has 2 heteroatoms. The number of piperidine rings is 1. The predicted octanol–water partition coefficient (Wildman–Crippen LogP) is 2.17. The molecular formula is C12H17NO. The van der Waals surface area contributed by atoms with Crippen molar-refractivity contribution in [1.82, 2.24) is 5.32 Å². The average molecular weight is 191 g/mol. The molecule has 14 heavy (non-hydrogen) atoms. The molecule has 1 aliphatic heterocycles. The van der Waals surface area contributed by atoms with Gasteiger partial charge in [-0.05, 0) is 49.4 Å². The van der Waals surface area contributed by atoms with Crippen LogP contribution in [0.15, 0.2) is 18.2 Å². The fourth-order valence-electron chi connectivity index (χ4n) is 2.07. The molecule has 1 fully saturated rings.